The van der Waals surface area contributed by atoms with Crippen LogP contribution in [0.5, 0.6) is 5.75 Å². The molecule has 1 aromatic carbocycles. The molecule has 1 heterocycles. The summed E-state index contributed by atoms with van der Waals surface area (Å²) in [7, 11) is 1.64. The van der Waals surface area contributed by atoms with Crippen LogP contribution in [0.2, 0.25) is 0 Å². The van der Waals surface area contributed by atoms with Crippen LogP contribution in [0.3, 0.4) is 0 Å². The van der Waals surface area contributed by atoms with E-state index in [4.69, 9.17) is 10.5 Å². The van der Waals surface area contributed by atoms with Crippen molar-refractivity contribution in [2.45, 2.75) is 51.1 Å². The van der Waals surface area contributed by atoms with Gasteiger partial charge in [-0.2, -0.15) is 0 Å². The van der Waals surface area contributed by atoms with E-state index in [-0.39, 0.29) is 6.61 Å². The number of likely N-dealkylation sites (tertiary alicyclic amines) is 1. The average molecular weight is 292 g/mol. The van der Waals surface area contributed by atoms with E-state index in [0.29, 0.717) is 17.8 Å². The van der Waals surface area contributed by atoms with E-state index < -0.39 is 0 Å². The van der Waals surface area contributed by atoms with Gasteiger partial charge in [-0.3, -0.25) is 4.90 Å². The van der Waals surface area contributed by atoms with E-state index >= 15 is 0 Å². The van der Waals surface area contributed by atoms with Crippen molar-refractivity contribution in [2.75, 3.05) is 26.0 Å². The van der Waals surface area contributed by atoms with Gasteiger partial charge in [0.1, 0.15) is 5.75 Å². The zero-order valence-corrected chi connectivity index (χ0v) is 13.2. The van der Waals surface area contributed by atoms with Crippen molar-refractivity contribution in [1.29, 1.82) is 0 Å². The fourth-order valence-corrected chi connectivity index (χ4v) is 3.43. The number of piperidine rings is 1. The molecule has 1 saturated heterocycles. The van der Waals surface area contributed by atoms with Crippen molar-refractivity contribution in [2.24, 2.45) is 0 Å². The monoisotopic (exact) mass is 292 g/mol. The first kappa shape index (κ1) is 16.1. The number of ether oxygens (including phenoxy) is 1. The molecule has 1 aliphatic rings. The van der Waals surface area contributed by atoms with E-state index in [1.54, 1.807) is 7.11 Å². The Hall–Kier alpha value is -1.26. The molecule has 4 nitrogen and oxygen atoms in total. The third-order valence-electron chi connectivity index (χ3n) is 4.53. The van der Waals surface area contributed by atoms with Crippen LogP contribution in [0.4, 0.5) is 5.69 Å². The second kappa shape index (κ2) is 7.66. The van der Waals surface area contributed by atoms with Crippen molar-refractivity contribution in [3.8, 4) is 5.75 Å². The second-order valence-electron chi connectivity index (χ2n) is 6.03. The number of methoxy groups -OCH3 is 1. The standard InChI is InChI=1S/C17H28N2O2/c1-13(19-9-4-3-5-15(19)8-10-20)11-14-6-7-17(21-2)16(18)12-14/h6-7,12-13,15,20H,3-5,8-11,18H2,1-2H3. The first-order valence-electron chi connectivity index (χ1n) is 7.94. The molecule has 0 bridgehead atoms. The van der Waals surface area contributed by atoms with Gasteiger partial charge in [-0.15, -0.1) is 0 Å². The van der Waals surface area contributed by atoms with Gasteiger partial charge in [0, 0.05) is 18.7 Å². The van der Waals surface area contributed by atoms with Crippen molar-refractivity contribution in [1.82, 2.24) is 4.90 Å². The zero-order chi connectivity index (χ0) is 15.2. The third-order valence-corrected chi connectivity index (χ3v) is 4.53. The van der Waals surface area contributed by atoms with E-state index in [1.807, 2.05) is 12.1 Å². The summed E-state index contributed by atoms with van der Waals surface area (Å²) in [5, 5.41) is 9.24. The number of nitrogens with two attached hydrogens (primary N) is 1. The Morgan fingerprint density at radius 1 is 1.43 bits per heavy atom. The van der Waals surface area contributed by atoms with E-state index in [1.165, 1.54) is 24.8 Å². The fourth-order valence-electron chi connectivity index (χ4n) is 3.43. The Balaban J connectivity index is 2.02. The van der Waals surface area contributed by atoms with Gasteiger partial charge in [-0.05, 0) is 56.8 Å². The van der Waals surface area contributed by atoms with Gasteiger partial charge >= 0.3 is 0 Å². The number of hydrogen-bond donors (Lipinski definition) is 2. The van der Waals surface area contributed by atoms with Crippen LogP contribution in [0.25, 0.3) is 0 Å². The molecule has 0 saturated carbocycles. The normalized spacial score (nSPS) is 21.2. The maximum Gasteiger partial charge on any atom is 0.141 e. The number of aliphatic hydroxyl groups excluding tert-OH is 1. The Morgan fingerprint density at radius 2 is 2.24 bits per heavy atom. The molecular formula is C17H28N2O2. The molecular weight excluding hydrogens is 264 g/mol. The molecule has 0 spiro atoms. The molecule has 21 heavy (non-hydrogen) atoms. The summed E-state index contributed by atoms with van der Waals surface area (Å²) in [5.74, 6) is 0.738. The summed E-state index contributed by atoms with van der Waals surface area (Å²) in [6.07, 6.45) is 5.61. The lowest BCUT2D eigenvalue weighted by molar-refractivity contribution is 0.0827. The number of anilines is 1. The maximum atomic E-state index is 9.24. The minimum absolute atomic E-state index is 0.281. The number of hydrogen-bond acceptors (Lipinski definition) is 4. The second-order valence-corrected chi connectivity index (χ2v) is 6.03. The van der Waals surface area contributed by atoms with Gasteiger partial charge < -0.3 is 15.6 Å². The summed E-state index contributed by atoms with van der Waals surface area (Å²) >= 11 is 0. The molecule has 1 fully saturated rings. The lowest BCUT2D eigenvalue weighted by Crippen LogP contribution is -2.46. The Kier molecular flexibility index (Phi) is 5.88. The van der Waals surface area contributed by atoms with Crippen molar-refractivity contribution < 1.29 is 9.84 Å². The molecule has 1 aliphatic heterocycles. The molecule has 118 valence electrons. The Labute approximate surface area is 127 Å². The van der Waals surface area contributed by atoms with Crippen molar-refractivity contribution in [3.05, 3.63) is 23.8 Å². The smallest absolute Gasteiger partial charge is 0.141 e. The minimum atomic E-state index is 0.281. The molecule has 4 heteroatoms. The lowest BCUT2D eigenvalue weighted by atomic mass is 9.95. The quantitative estimate of drug-likeness (QED) is 0.791. The predicted octanol–water partition coefficient (Wildman–Crippen LogP) is 2.45. The molecule has 2 atom stereocenters. The molecule has 2 unspecified atom stereocenters. The van der Waals surface area contributed by atoms with Gasteiger partial charge in [0.15, 0.2) is 0 Å². The average Bonchev–Trinajstić information content (AvgIpc) is 2.48. The van der Waals surface area contributed by atoms with E-state index in [9.17, 15) is 5.11 Å². The van der Waals surface area contributed by atoms with Crippen molar-refractivity contribution in [3.63, 3.8) is 0 Å². The summed E-state index contributed by atoms with van der Waals surface area (Å²) < 4.78 is 5.21. The highest BCUT2D eigenvalue weighted by Crippen LogP contribution is 2.26. The molecule has 0 radical (unpaired) electrons. The van der Waals surface area contributed by atoms with E-state index in [2.05, 4.69) is 17.9 Å². The van der Waals surface area contributed by atoms with Crippen molar-refractivity contribution >= 4 is 5.69 Å². The molecule has 3 N–H and O–H groups in total. The third kappa shape index (κ3) is 4.11. The summed E-state index contributed by atoms with van der Waals surface area (Å²) in [6, 6.07) is 7.04. The highest BCUT2D eigenvalue weighted by molar-refractivity contribution is 5.54. The molecule has 0 aromatic heterocycles. The number of nitrogen functional groups attached to an aromatic ring is 1. The van der Waals surface area contributed by atoms with Gasteiger partial charge in [-0.25, -0.2) is 0 Å². The van der Waals surface area contributed by atoms with Gasteiger partial charge in [0.2, 0.25) is 0 Å². The van der Waals surface area contributed by atoms with Crippen LogP contribution in [-0.2, 0) is 6.42 Å². The van der Waals surface area contributed by atoms with Crippen LogP contribution in [-0.4, -0.2) is 42.4 Å². The van der Waals surface area contributed by atoms with Crippen LogP contribution >= 0.6 is 0 Å². The number of aliphatic hydroxyl groups is 1. The van der Waals surface area contributed by atoms with Crippen LogP contribution in [0.1, 0.15) is 38.2 Å². The largest absolute Gasteiger partial charge is 0.495 e. The maximum absolute atomic E-state index is 9.24. The topological polar surface area (TPSA) is 58.7 Å². The molecule has 1 aromatic rings. The van der Waals surface area contributed by atoms with Crippen LogP contribution in [0.15, 0.2) is 18.2 Å². The molecule has 0 amide bonds. The number of nitrogens with zero attached hydrogens (tertiary/aromatic N) is 1. The summed E-state index contributed by atoms with van der Waals surface area (Å²) in [4.78, 5) is 2.56. The first-order chi connectivity index (χ1) is 10.2. The van der Waals surface area contributed by atoms with Crippen LogP contribution in [0, 0.1) is 0 Å². The first-order valence-corrected chi connectivity index (χ1v) is 7.94. The minimum Gasteiger partial charge on any atom is -0.495 e. The van der Waals surface area contributed by atoms with Crippen LogP contribution < -0.4 is 10.5 Å². The van der Waals surface area contributed by atoms with E-state index in [0.717, 1.165) is 25.1 Å². The summed E-state index contributed by atoms with van der Waals surface area (Å²) in [6.45, 7) is 3.69. The fraction of sp³-hybridized carbons (Fsp3) is 0.647. The predicted molar refractivity (Wildman–Crippen MR) is 86.6 cm³/mol. The van der Waals surface area contributed by atoms with Gasteiger partial charge in [0.05, 0.1) is 12.8 Å². The van der Waals surface area contributed by atoms with Gasteiger partial charge in [-0.1, -0.05) is 12.5 Å². The zero-order valence-electron chi connectivity index (χ0n) is 13.2. The van der Waals surface area contributed by atoms with Gasteiger partial charge in [0.25, 0.3) is 0 Å². The number of rotatable bonds is 6. The Morgan fingerprint density at radius 3 is 2.90 bits per heavy atom. The SMILES string of the molecule is COc1ccc(CC(C)N2CCCCC2CCO)cc1N. The summed E-state index contributed by atoms with van der Waals surface area (Å²) in [5.41, 5.74) is 7.94. The number of benzene rings is 1. The highest BCUT2D eigenvalue weighted by Gasteiger charge is 2.26. The lowest BCUT2D eigenvalue weighted by Gasteiger charge is -2.40. The molecule has 0 aliphatic carbocycles. The Bertz CT molecular complexity index is 448. The molecule has 2 rings (SSSR count). The highest BCUT2D eigenvalue weighted by atomic mass is 16.5.